The summed E-state index contributed by atoms with van der Waals surface area (Å²) < 4.78 is 6.72. The number of esters is 1. The molecule has 8 nitrogen and oxygen atoms in total. The van der Waals surface area contributed by atoms with Gasteiger partial charge in [0.05, 0.1) is 24.8 Å². The minimum absolute atomic E-state index is 0.158. The Kier molecular flexibility index (Phi) is 7.27. The molecule has 2 rings (SSSR count). The van der Waals surface area contributed by atoms with Crippen LogP contribution in [-0.4, -0.2) is 39.4 Å². The number of benzene rings is 1. The van der Waals surface area contributed by atoms with E-state index in [9.17, 15) is 4.79 Å². The molecular formula is C20H26N6O2. The highest BCUT2D eigenvalue weighted by Gasteiger charge is 2.19. The molecular weight excluding hydrogens is 356 g/mol. The lowest BCUT2D eigenvalue weighted by Gasteiger charge is -2.25. The largest absolute Gasteiger partial charge is 0.462 e. The molecule has 0 unspecified atom stereocenters. The molecule has 0 N–H and O–H groups in total. The minimum Gasteiger partial charge on any atom is -0.462 e. The van der Waals surface area contributed by atoms with E-state index in [-0.39, 0.29) is 30.1 Å². The molecule has 0 aliphatic carbocycles. The Morgan fingerprint density at radius 2 is 2.04 bits per heavy atom. The van der Waals surface area contributed by atoms with Crippen molar-refractivity contribution < 1.29 is 9.53 Å². The summed E-state index contributed by atoms with van der Waals surface area (Å²) in [5, 5.41) is 23.8. The molecule has 8 heteroatoms. The predicted molar refractivity (Wildman–Crippen MR) is 105 cm³/mol. The average Bonchev–Trinajstić information content (AvgIpc) is 3.04. The van der Waals surface area contributed by atoms with Crippen molar-refractivity contribution in [2.24, 2.45) is 10.3 Å². The Hall–Kier alpha value is -3.21. The van der Waals surface area contributed by atoms with Gasteiger partial charge in [-0.1, -0.05) is 17.4 Å². The Balaban J connectivity index is 2.35. The molecule has 0 atom stereocenters. The molecule has 0 aliphatic rings. The van der Waals surface area contributed by atoms with Crippen molar-refractivity contribution in [2.45, 2.75) is 53.2 Å². The predicted octanol–water partition coefficient (Wildman–Crippen LogP) is 4.10. The molecule has 0 saturated heterocycles. The van der Waals surface area contributed by atoms with Crippen molar-refractivity contribution in [1.82, 2.24) is 14.8 Å². The van der Waals surface area contributed by atoms with Crippen molar-refractivity contribution in [3.63, 3.8) is 0 Å². The van der Waals surface area contributed by atoms with Crippen molar-refractivity contribution in [2.75, 3.05) is 6.61 Å². The van der Waals surface area contributed by atoms with E-state index in [1.165, 1.54) is 0 Å². The molecule has 0 radical (unpaired) electrons. The van der Waals surface area contributed by atoms with E-state index in [1.807, 2.05) is 44.8 Å². The van der Waals surface area contributed by atoms with Gasteiger partial charge < -0.3 is 4.74 Å². The first-order valence-electron chi connectivity index (χ1n) is 9.29. The third-order valence-corrected chi connectivity index (χ3v) is 3.94. The second-order valence-corrected chi connectivity index (χ2v) is 6.85. The molecule has 1 heterocycles. The van der Waals surface area contributed by atoms with Gasteiger partial charge in [0.2, 0.25) is 5.82 Å². The molecule has 2 aromatic rings. The number of carbonyl (C=O) groups is 1. The van der Waals surface area contributed by atoms with Crippen LogP contribution in [0.5, 0.6) is 0 Å². The highest BCUT2D eigenvalue weighted by Crippen LogP contribution is 2.21. The number of ether oxygens (including phenoxy) is 1. The minimum atomic E-state index is -0.492. The lowest BCUT2D eigenvalue weighted by atomic mass is 10.1. The van der Waals surface area contributed by atoms with Crippen molar-refractivity contribution >= 4 is 11.8 Å². The number of rotatable bonds is 8. The van der Waals surface area contributed by atoms with Gasteiger partial charge in [0.15, 0.2) is 0 Å². The topological polar surface area (TPSA) is 95.9 Å². The lowest BCUT2D eigenvalue weighted by molar-refractivity contribution is 0.0527. The number of nitrogens with zero attached hydrogens (tertiary/aromatic N) is 6. The van der Waals surface area contributed by atoms with Crippen LogP contribution < -0.4 is 0 Å². The summed E-state index contributed by atoms with van der Waals surface area (Å²) in [4.78, 5) is 12.3. The first-order valence-corrected chi connectivity index (χ1v) is 9.29. The van der Waals surface area contributed by atoms with E-state index in [1.54, 1.807) is 29.9 Å². The number of hydrogen-bond donors (Lipinski definition) is 0. The van der Waals surface area contributed by atoms with Crippen LogP contribution >= 0.6 is 0 Å². The Morgan fingerprint density at radius 1 is 1.32 bits per heavy atom. The molecule has 148 valence electrons. The maximum Gasteiger partial charge on any atom is 0.343 e. The zero-order chi connectivity index (χ0) is 20.7. The maximum absolute atomic E-state index is 12.3. The van der Waals surface area contributed by atoms with Crippen LogP contribution in [-0.2, 0) is 11.3 Å². The zero-order valence-electron chi connectivity index (χ0n) is 17.0. The Morgan fingerprint density at radius 3 is 2.64 bits per heavy atom. The molecule has 0 fully saturated rings. The van der Waals surface area contributed by atoms with E-state index in [2.05, 4.69) is 21.5 Å². The smallest absolute Gasteiger partial charge is 0.343 e. The summed E-state index contributed by atoms with van der Waals surface area (Å²) in [6, 6.07) is 9.66. The fourth-order valence-corrected chi connectivity index (χ4v) is 2.74. The van der Waals surface area contributed by atoms with Crippen molar-refractivity contribution in [1.29, 1.82) is 5.26 Å². The molecule has 1 aromatic carbocycles. The second-order valence-electron chi connectivity index (χ2n) is 6.85. The first-order chi connectivity index (χ1) is 13.3. The fraction of sp³-hybridized carbons (Fsp3) is 0.450. The van der Waals surface area contributed by atoms with Crippen molar-refractivity contribution in [3.05, 3.63) is 47.2 Å². The molecule has 28 heavy (non-hydrogen) atoms. The van der Waals surface area contributed by atoms with Gasteiger partial charge in [0.1, 0.15) is 5.56 Å². The fourth-order valence-electron chi connectivity index (χ4n) is 2.74. The first kappa shape index (κ1) is 21.1. The normalized spacial score (nSPS) is 11.2. The molecule has 0 saturated carbocycles. The number of nitriles is 1. The number of hydrogen-bond acceptors (Lipinski definition) is 6. The highest BCUT2D eigenvalue weighted by molar-refractivity contribution is 5.93. The summed E-state index contributed by atoms with van der Waals surface area (Å²) in [5.41, 5.74) is 1.72. The van der Waals surface area contributed by atoms with Gasteiger partial charge in [0.25, 0.3) is 0 Å². The van der Waals surface area contributed by atoms with Crippen LogP contribution in [0, 0.1) is 11.3 Å². The zero-order valence-corrected chi connectivity index (χ0v) is 17.0. The second kappa shape index (κ2) is 9.65. The van der Waals surface area contributed by atoms with E-state index in [0.29, 0.717) is 12.1 Å². The van der Waals surface area contributed by atoms with E-state index < -0.39 is 5.97 Å². The third kappa shape index (κ3) is 5.39. The quantitative estimate of drug-likeness (QED) is 0.389. The summed E-state index contributed by atoms with van der Waals surface area (Å²) in [7, 11) is 0. The van der Waals surface area contributed by atoms with Crippen LogP contribution in [0.1, 0.15) is 56.1 Å². The lowest BCUT2D eigenvalue weighted by Crippen LogP contribution is -2.31. The average molecular weight is 382 g/mol. The summed E-state index contributed by atoms with van der Waals surface area (Å²) in [6.07, 6.45) is 1.60. The van der Waals surface area contributed by atoms with Gasteiger partial charge in [0, 0.05) is 18.3 Å². The number of carbonyl (C=O) groups excluding carboxylic acids is 1. The van der Waals surface area contributed by atoms with Crippen LogP contribution in [0.3, 0.4) is 0 Å². The van der Waals surface area contributed by atoms with Gasteiger partial charge in [-0.3, -0.25) is 9.69 Å². The van der Waals surface area contributed by atoms with Gasteiger partial charge >= 0.3 is 5.97 Å². The highest BCUT2D eigenvalue weighted by atomic mass is 16.5. The van der Waals surface area contributed by atoms with Crippen LogP contribution in [0.25, 0.3) is 0 Å². The van der Waals surface area contributed by atoms with Gasteiger partial charge in [-0.15, -0.1) is 10.2 Å². The standard InChI is InChI=1S/C20H26N6O2/c1-6-28-20(27)18-13-25(12-17-9-7-8-16(10-17)11-21)23-19(18)22-24-26(14(2)3)15(4)5/h7-10,13-15H,6,12H2,1-5H3. The maximum atomic E-state index is 12.3. The van der Waals surface area contributed by atoms with Crippen LogP contribution in [0.2, 0.25) is 0 Å². The molecule has 0 amide bonds. The molecule has 0 spiro atoms. The summed E-state index contributed by atoms with van der Waals surface area (Å²) >= 11 is 0. The summed E-state index contributed by atoms with van der Waals surface area (Å²) in [5.74, 6) is -0.282. The van der Waals surface area contributed by atoms with Crippen LogP contribution in [0.4, 0.5) is 5.82 Å². The van der Waals surface area contributed by atoms with E-state index >= 15 is 0 Å². The van der Waals surface area contributed by atoms with Gasteiger partial charge in [-0.25, -0.2) is 4.79 Å². The molecule has 1 aromatic heterocycles. The Labute approximate surface area is 165 Å². The van der Waals surface area contributed by atoms with Crippen LogP contribution in [0.15, 0.2) is 40.8 Å². The van der Waals surface area contributed by atoms with E-state index in [0.717, 1.165) is 5.56 Å². The third-order valence-electron chi connectivity index (χ3n) is 3.94. The molecule has 0 bridgehead atoms. The monoisotopic (exact) mass is 382 g/mol. The van der Waals surface area contributed by atoms with Gasteiger partial charge in [-0.05, 0) is 52.3 Å². The summed E-state index contributed by atoms with van der Waals surface area (Å²) in [6.45, 7) is 10.5. The SMILES string of the molecule is CCOC(=O)c1cn(Cc2cccc(C#N)c2)nc1N=NN(C(C)C)C(C)C. The Bertz CT molecular complexity index is 871. The number of aromatic nitrogens is 2. The van der Waals surface area contributed by atoms with Crippen molar-refractivity contribution in [3.8, 4) is 6.07 Å². The molecule has 0 aliphatic heterocycles. The van der Waals surface area contributed by atoms with Gasteiger partial charge in [-0.2, -0.15) is 5.26 Å². The van der Waals surface area contributed by atoms with E-state index in [4.69, 9.17) is 10.00 Å².